The van der Waals surface area contributed by atoms with Gasteiger partial charge in [0, 0.05) is 25.5 Å². The lowest BCUT2D eigenvalue weighted by atomic mass is 10.2. The van der Waals surface area contributed by atoms with E-state index in [4.69, 9.17) is 0 Å². The topological polar surface area (TPSA) is 79.8 Å². The lowest BCUT2D eigenvalue weighted by Gasteiger charge is -2.05. The van der Waals surface area contributed by atoms with Crippen LogP contribution in [-0.4, -0.2) is 27.6 Å². The molecule has 2 rings (SSSR count). The number of nitrogens with one attached hydrogen (secondary N) is 2. The minimum Gasteiger partial charge on any atom is -0.369 e. The summed E-state index contributed by atoms with van der Waals surface area (Å²) in [5, 5.41) is 13.6. The van der Waals surface area contributed by atoms with Crippen LogP contribution in [0.1, 0.15) is 23.0 Å². The molecule has 0 spiro atoms. The Kier molecular flexibility index (Phi) is 4.39. The van der Waals surface area contributed by atoms with Crippen LogP contribution in [0.2, 0.25) is 0 Å². The monoisotopic (exact) mass is 257 g/mol. The van der Waals surface area contributed by atoms with Gasteiger partial charge in [0.1, 0.15) is 5.82 Å². The molecule has 0 fully saturated rings. The second kappa shape index (κ2) is 6.44. The van der Waals surface area contributed by atoms with Gasteiger partial charge in [0.15, 0.2) is 5.69 Å². The number of carbonyl (C=O) groups excluding carboxylic acids is 1. The van der Waals surface area contributed by atoms with Gasteiger partial charge in [0.2, 0.25) is 0 Å². The summed E-state index contributed by atoms with van der Waals surface area (Å²) in [7, 11) is 0. The van der Waals surface area contributed by atoms with Gasteiger partial charge in [-0.05, 0) is 36.8 Å². The molecule has 0 saturated carbocycles. The zero-order valence-electron chi connectivity index (χ0n) is 10.6. The van der Waals surface area contributed by atoms with Crippen LogP contribution >= 0.6 is 0 Å². The molecule has 0 aliphatic heterocycles. The Morgan fingerprint density at radius 2 is 1.95 bits per heavy atom. The van der Waals surface area contributed by atoms with Gasteiger partial charge < -0.3 is 10.6 Å². The van der Waals surface area contributed by atoms with E-state index in [2.05, 4.69) is 25.8 Å². The van der Waals surface area contributed by atoms with E-state index in [0.717, 1.165) is 12.1 Å². The van der Waals surface area contributed by atoms with Gasteiger partial charge >= 0.3 is 0 Å². The fraction of sp³-hybridized carbons (Fsp3) is 0.231. The standard InChI is InChI=1S/C13H15N5O/c1-2-15-12-4-3-11(17-18-12)13(19)16-9-10-5-7-14-8-6-10/h3-8H,2,9H2,1H3,(H,15,18)(H,16,19). The van der Waals surface area contributed by atoms with E-state index in [0.29, 0.717) is 18.1 Å². The summed E-state index contributed by atoms with van der Waals surface area (Å²) in [6, 6.07) is 7.07. The number of anilines is 1. The van der Waals surface area contributed by atoms with Gasteiger partial charge in [-0.15, -0.1) is 10.2 Å². The first-order chi connectivity index (χ1) is 9.29. The van der Waals surface area contributed by atoms with Crippen LogP contribution in [0.4, 0.5) is 5.82 Å². The lowest BCUT2D eigenvalue weighted by Crippen LogP contribution is -2.24. The van der Waals surface area contributed by atoms with Crippen molar-refractivity contribution in [1.29, 1.82) is 0 Å². The Hall–Kier alpha value is -2.50. The van der Waals surface area contributed by atoms with E-state index in [1.807, 2.05) is 19.1 Å². The third kappa shape index (κ3) is 3.74. The van der Waals surface area contributed by atoms with Crippen molar-refractivity contribution in [3.8, 4) is 0 Å². The van der Waals surface area contributed by atoms with Crippen LogP contribution in [0, 0.1) is 0 Å². The van der Waals surface area contributed by atoms with E-state index < -0.39 is 0 Å². The molecule has 0 radical (unpaired) electrons. The number of carbonyl (C=O) groups is 1. The van der Waals surface area contributed by atoms with Crippen molar-refractivity contribution in [2.75, 3.05) is 11.9 Å². The van der Waals surface area contributed by atoms with Gasteiger partial charge in [-0.3, -0.25) is 9.78 Å². The molecular weight excluding hydrogens is 242 g/mol. The third-order valence-corrected chi connectivity index (χ3v) is 2.46. The van der Waals surface area contributed by atoms with Crippen molar-refractivity contribution in [2.24, 2.45) is 0 Å². The number of amides is 1. The highest BCUT2D eigenvalue weighted by Crippen LogP contribution is 2.02. The first-order valence-electron chi connectivity index (χ1n) is 6.04. The van der Waals surface area contributed by atoms with E-state index >= 15 is 0 Å². The molecule has 0 aliphatic carbocycles. The van der Waals surface area contributed by atoms with Crippen LogP contribution in [0.5, 0.6) is 0 Å². The number of pyridine rings is 1. The van der Waals surface area contributed by atoms with Gasteiger partial charge in [-0.25, -0.2) is 0 Å². The molecule has 0 saturated heterocycles. The first kappa shape index (κ1) is 12.9. The molecule has 0 aromatic carbocycles. The molecule has 2 heterocycles. The van der Waals surface area contributed by atoms with E-state index in [-0.39, 0.29) is 5.91 Å². The highest BCUT2D eigenvalue weighted by atomic mass is 16.1. The minimum absolute atomic E-state index is 0.243. The zero-order chi connectivity index (χ0) is 13.5. The average Bonchev–Trinajstić information content (AvgIpc) is 2.47. The highest BCUT2D eigenvalue weighted by molar-refractivity contribution is 5.92. The molecule has 2 N–H and O–H groups in total. The van der Waals surface area contributed by atoms with Crippen LogP contribution in [0.15, 0.2) is 36.7 Å². The minimum atomic E-state index is -0.243. The number of rotatable bonds is 5. The molecule has 0 atom stereocenters. The molecule has 98 valence electrons. The maximum Gasteiger partial charge on any atom is 0.272 e. The smallest absolute Gasteiger partial charge is 0.272 e. The average molecular weight is 257 g/mol. The Morgan fingerprint density at radius 3 is 2.58 bits per heavy atom. The summed E-state index contributed by atoms with van der Waals surface area (Å²) in [4.78, 5) is 15.8. The molecule has 0 bridgehead atoms. The van der Waals surface area contributed by atoms with E-state index in [1.165, 1.54) is 0 Å². The van der Waals surface area contributed by atoms with Gasteiger partial charge in [0.05, 0.1) is 0 Å². The molecular formula is C13H15N5O. The lowest BCUT2D eigenvalue weighted by molar-refractivity contribution is 0.0945. The summed E-state index contributed by atoms with van der Waals surface area (Å²) in [5.41, 5.74) is 1.29. The van der Waals surface area contributed by atoms with Crippen LogP contribution < -0.4 is 10.6 Å². The molecule has 6 heteroatoms. The molecule has 1 amide bonds. The third-order valence-electron chi connectivity index (χ3n) is 2.46. The zero-order valence-corrected chi connectivity index (χ0v) is 10.6. The second-order valence-electron chi connectivity index (χ2n) is 3.87. The van der Waals surface area contributed by atoms with Gasteiger partial charge in [0.25, 0.3) is 5.91 Å². The number of hydrogen-bond acceptors (Lipinski definition) is 5. The fourth-order valence-corrected chi connectivity index (χ4v) is 1.50. The summed E-state index contributed by atoms with van der Waals surface area (Å²) >= 11 is 0. The van der Waals surface area contributed by atoms with Crippen LogP contribution in [0.3, 0.4) is 0 Å². The largest absolute Gasteiger partial charge is 0.369 e. The highest BCUT2D eigenvalue weighted by Gasteiger charge is 2.07. The van der Waals surface area contributed by atoms with Crippen molar-refractivity contribution in [3.05, 3.63) is 47.9 Å². The molecule has 6 nitrogen and oxygen atoms in total. The van der Waals surface area contributed by atoms with Gasteiger partial charge in [-0.2, -0.15) is 0 Å². The van der Waals surface area contributed by atoms with Crippen molar-refractivity contribution < 1.29 is 4.79 Å². The maximum absolute atomic E-state index is 11.8. The van der Waals surface area contributed by atoms with E-state index in [9.17, 15) is 4.79 Å². The molecule has 2 aromatic rings. The van der Waals surface area contributed by atoms with Gasteiger partial charge in [-0.1, -0.05) is 0 Å². The first-order valence-corrected chi connectivity index (χ1v) is 6.04. The number of aromatic nitrogens is 3. The molecule has 0 aliphatic rings. The Balaban J connectivity index is 1.92. The fourth-order valence-electron chi connectivity index (χ4n) is 1.50. The molecule has 19 heavy (non-hydrogen) atoms. The van der Waals surface area contributed by atoms with Crippen molar-refractivity contribution >= 4 is 11.7 Å². The Labute approximate surface area is 111 Å². The summed E-state index contributed by atoms with van der Waals surface area (Å²) in [6.07, 6.45) is 3.37. The van der Waals surface area contributed by atoms with Crippen molar-refractivity contribution in [1.82, 2.24) is 20.5 Å². The number of nitrogens with zero attached hydrogens (tertiary/aromatic N) is 3. The summed E-state index contributed by atoms with van der Waals surface area (Å²) < 4.78 is 0. The van der Waals surface area contributed by atoms with Crippen molar-refractivity contribution in [3.63, 3.8) is 0 Å². The SMILES string of the molecule is CCNc1ccc(C(=O)NCc2ccncc2)nn1. The predicted molar refractivity (Wildman–Crippen MR) is 71.6 cm³/mol. The summed E-state index contributed by atoms with van der Waals surface area (Å²) in [6.45, 7) is 3.18. The normalized spacial score (nSPS) is 9.95. The van der Waals surface area contributed by atoms with E-state index in [1.54, 1.807) is 24.5 Å². The van der Waals surface area contributed by atoms with Crippen LogP contribution in [-0.2, 0) is 6.54 Å². The molecule has 2 aromatic heterocycles. The Bertz CT molecular complexity index is 526. The second-order valence-corrected chi connectivity index (χ2v) is 3.87. The molecule has 0 unspecified atom stereocenters. The maximum atomic E-state index is 11.8. The summed E-state index contributed by atoms with van der Waals surface area (Å²) in [5.74, 6) is 0.417. The Morgan fingerprint density at radius 1 is 1.16 bits per heavy atom. The van der Waals surface area contributed by atoms with Crippen LogP contribution in [0.25, 0.3) is 0 Å². The quantitative estimate of drug-likeness (QED) is 0.842. The predicted octanol–water partition coefficient (Wildman–Crippen LogP) is 1.23. The van der Waals surface area contributed by atoms with Crippen molar-refractivity contribution in [2.45, 2.75) is 13.5 Å². The number of hydrogen-bond donors (Lipinski definition) is 2.